The topological polar surface area (TPSA) is 37.8 Å². The largest absolute Gasteiger partial charge is 0.295 e. The molecule has 1 N–H and O–H groups in total. The molecular weight excluding hydrogens is 260 g/mol. The average molecular weight is 286 g/mol. The Morgan fingerprint density at radius 1 is 1.14 bits per heavy atom. The second-order valence-electron chi connectivity index (χ2n) is 6.87. The van der Waals surface area contributed by atoms with E-state index < -0.39 is 0 Å². The van der Waals surface area contributed by atoms with E-state index in [0.717, 1.165) is 29.8 Å². The minimum atomic E-state index is -0.150. The van der Waals surface area contributed by atoms with Crippen LogP contribution in [0.4, 0.5) is 0 Å². The number of hydrogen-bond acceptors (Lipinski definition) is 1. The van der Waals surface area contributed by atoms with Crippen LogP contribution in [0, 0.1) is 13.8 Å². The van der Waals surface area contributed by atoms with Crippen molar-refractivity contribution >= 4 is 0 Å². The molecule has 0 spiro atoms. The van der Waals surface area contributed by atoms with Gasteiger partial charge >= 0.3 is 0 Å². The van der Waals surface area contributed by atoms with Crippen LogP contribution in [0.25, 0.3) is 5.69 Å². The molecule has 0 radical (unpaired) electrons. The molecule has 1 heterocycles. The van der Waals surface area contributed by atoms with Crippen molar-refractivity contribution in [3.05, 3.63) is 50.9 Å². The highest BCUT2D eigenvalue weighted by Gasteiger charge is 2.25. The van der Waals surface area contributed by atoms with E-state index in [1.165, 1.54) is 11.1 Å². The fourth-order valence-electron chi connectivity index (χ4n) is 2.73. The van der Waals surface area contributed by atoms with Crippen LogP contribution >= 0.6 is 0 Å². The third-order valence-corrected chi connectivity index (χ3v) is 3.96. The molecule has 0 aliphatic rings. The molecule has 0 fully saturated rings. The van der Waals surface area contributed by atoms with Gasteiger partial charge in [-0.3, -0.25) is 9.89 Å². The Balaban J connectivity index is 2.65. The lowest BCUT2D eigenvalue weighted by atomic mass is 9.86. The van der Waals surface area contributed by atoms with E-state index in [9.17, 15) is 4.79 Å². The summed E-state index contributed by atoms with van der Waals surface area (Å²) < 4.78 is 1.69. The Labute approximate surface area is 127 Å². The number of rotatable bonds is 3. The number of nitrogens with one attached hydrogen (secondary N) is 1. The van der Waals surface area contributed by atoms with Crippen LogP contribution in [0.1, 0.15) is 56.5 Å². The zero-order valence-electron chi connectivity index (χ0n) is 14.0. The molecule has 0 bridgehead atoms. The summed E-state index contributed by atoms with van der Waals surface area (Å²) in [5.41, 5.74) is 5.25. The van der Waals surface area contributed by atoms with Gasteiger partial charge in [0.05, 0.1) is 5.69 Å². The lowest BCUT2D eigenvalue weighted by Crippen LogP contribution is -2.25. The Bertz CT molecular complexity index is 699. The molecule has 3 nitrogen and oxygen atoms in total. The van der Waals surface area contributed by atoms with E-state index in [0.29, 0.717) is 0 Å². The minimum absolute atomic E-state index is 0.0780. The minimum Gasteiger partial charge on any atom is -0.295 e. The van der Waals surface area contributed by atoms with Crippen LogP contribution in [0.2, 0.25) is 0 Å². The van der Waals surface area contributed by atoms with Crippen molar-refractivity contribution in [3.8, 4) is 5.69 Å². The SMILES string of the molecule is CCCc1[nH]n(-c2ccc(C)c(C)c2)c(=O)c1C(C)(C)C. The number of aromatic nitrogens is 2. The number of nitrogens with zero attached hydrogens (tertiary/aromatic N) is 1. The van der Waals surface area contributed by atoms with Crippen LogP contribution in [0.5, 0.6) is 0 Å². The lowest BCUT2D eigenvalue weighted by molar-refractivity contribution is 0.576. The van der Waals surface area contributed by atoms with Crippen LogP contribution < -0.4 is 5.56 Å². The summed E-state index contributed by atoms with van der Waals surface area (Å²) in [6.07, 6.45) is 1.93. The number of hydrogen-bond donors (Lipinski definition) is 1. The first-order valence-corrected chi connectivity index (χ1v) is 7.67. The highest BCUT2D eigenvalue weighted by Crippen LogP contribution is 2.24. The smallest absolute Gasteiger partial charge is 0.275 e. The Kier molecular flexibility index (Phi) is 4.13. The summed E-state index contributed by atoms with van der Waals surface area (Å²) in [7, 11) is 0. The van der Waals surface area contributed by atoms with Gasteiger partial charge in [-0.1, -0.05) is 40.2 Å². The summed E-state index contributed by atoms with van der Waals surface area (Å²) in [5.74, 6) is 0. The van der Waals surface area contributed by atoms with Gasteiger partial charge < -0.3 is 0 Å². The lowest BCUT2D eigenvalue weighted by Gasteiger charge is -2.17. The zero-order valence-corrected chi connectivity index (χ0v) is 14.0. The van der Waals surface area contributed by atoms with Crippen LogP contribution in [0.3, 0.4) is 0 Å². The van der Waals surface area contributed by atoms with Gasteiger partial charge in [0.25, 0.3) is 5.56 Å². The molecule has 0 aliphatic heterocycles. The first-order chi connectivity index (χ1) is 9.75. The molecule has 0 amide bonds. The molecule has 0 saturated heterocycles. The summed E-state index contributed by atoms with van der Waals surface area (Å²) in [5, 5.41) is 3.32. The zero-order chi connectivity index (χ0) is 15.8. The highest BCUT2D eigenvalue weighted by atomic mass is 16.1. The summed E-state index contributed by atoms with van der Waals surface area (Å²) in [6.45, 7) is 12.6. The van der Waals surface area contributed by atoms with Crippen LogP contribution in [0.15, 0.2) is 23.0 Å². The fraction of sp³-hybridized carbons (Fsp3) is 0.500. The van der Waals surface area contributed by atoms with Crippen molar-refractivity contribution in [3.63, 3.8) is 0 Å². The molecular formula is C18H26N2O. The summed E-state index contributed by atoms with van der Waals surface area (Å²) in [4.78, 5) is 12.8. The van der Waals surface area contributed by atoms with Gasteiger partial charge in [0.1, 0.15) is 0 Å². The summed E-state index contributed by atoms with van der Waals surface area (Å²) >= 11 is 0. The molecule has 0 atom stereocenters. The van der Waals surface area contributed by atoms with Gasteiger partial charge in [0, 0.05) is 11.3 Å². The molecule has 2 aromatic rings. The predicted molar refractivity (Wildman–Crippen MR) is 88.6 cm³/mol. The average Bonchev–Trinajstić information content (AvgIpc) is 2.70. The van der Waals surface area contributed by atoms with Crippen molar-refractivity contribution in [2.45, 2.75) is 59.8 Å². The van der Waals surface area contributed by atoms with Crippen molar-refractivity contribution in [1.82, 2.24) is 9.78 Å². The van der Waals surface area contributed by atoms with Gasteiger partial charge in [-0.2, -0.15) is 0 Å². The molecule has 0 aliphatic carbocycles. The fourth-order valence-corrected chi connectivity index (χ4v) is 2.73. The number of H-pyrrole nitrogens is 1. The monoisotopic (exact) mass is 286 g/mol. The molecule has 3 heteroatoms. The standard InChI is InChI=1S/C18H26N2O/c1-7-8-15-16(18(4,5)6)17(21)20(19-15)14-10-9-12(2)13(3)11-14/h9-11,19H,7-8H2,1-6H3. The molecule has 114 valence electrons. The predicted octanol–water partition coefficient (Wildman–Crippen LogP) is 4.03. The molecule has 21 heavy (non-hydrogen) atoms. The number of benzene rings is 1. The third-order valence-electron chi connectivity index (χ3n) is 3.96. The van der Waals surface area contributed by atoms with Gasteiger partial charge in [-0.05, 0) is 48.9 Å². The summed E-state index contributed by atoms with van der Waals surface area (Å²) in [6, 6.07) is 6.13. The van der Waals surface area contributed by atoms with Gasteiger partial charge in [0.15, 0.2) is 0 Å². The maximum atomic E-state index is 12.8. The highest BCUT2D eigenvalue weighted by molar-refractivity contribution is 5.40. The van der Waals surface area contributed by atoms with Crippen LogP contribution in [-0.4, -0.2) is 9.78 Å². The molecule has 0 unspecified atom stereocenters. The van der Waals surface area contributed by atoms with E-state index in [1.54, 1.807) is 4.68 Å². The van der Waals surface area contributed by atoms with E-state index in [-0.39, 0.29) is 11.0 Å². The third kappa shape index (κ3) is 2.97. The maximum absolute atomic E-state index is 12.8. The van der Waals surface area contributed by atoms with Crippen molar-refractivity contribution in [2.75, 3.05) is 0 Å². The van der Waals surface area contributed by atoms with Crippen molar-refractivity contribution in [2.24, 2.45) is 0 Å². The first kappa shape index (κ1) is 15.6. The maximum Gasteiger partial charge on any atom is 0.275 e. The molecule has 1 aromatic carbocycles. The van der Waals surface area contributed by atoms with Gasteiger partial charge in [-0.15, -0.1) is 0 Å². The van der Waals surface area contributed by atoms with Gasteiger partial charge in [-0.25, -0.2) is 4.68 Å². The Hall–Kier alpha value is -1.77. The van der Waals surface area contributed by atoms with E-state index in [1.807, 2.05) is 6.07 Å². The number of aromatic amines is 1. The Morgan fingerprint density at radius 2 is 1.81 bits per heavy atom. The van der Waals surface area contributed by atoms with Crippen LogP contribution in [-0.2, 0) is 11.8 Å². The second kappa shape index (κ2) is 5.55. The van der Waals surface area contributed by atoms with E-state index in [2.05, 4.69) is 58.8 Å². The molecule has 2 rings (SSSR count). The van der Waals surface area contributed by atoms with Gasteiger partial charge in [0.2, 0.25) is 0 Å². The van der Waals surface area contributed by atoms with Crippen molar-refractivity contribution in [1.29, 1.82) is 0 Å². The van der Waals surface area contributed by atoms with Crippen molar-refractivity contribution < 1.29 is 0 Å². The van der Waals surface area contributed by atoms with E-state index in [4.69, 9.17) is 0 Å². The quantitative estimate of drug-likeness (QED) is 0.908. The number of aryl methyl sites for hydroxylation is 3. The first-order valence-electron chi connectivity index (χ1n) is 7.67. The normalized spacial score (nSPS) is 11.9. The second-order valence-corrected chi connectivity index (χ2v) is 6.87. The Morgan fingerprint density at radius 3 is 2.33 bits per heavy atom. The molecule has 1 aromatic heterocycles. The van der Waals surface area contributed by atoms with E-state index >= 15 is 0 Å². The molecule has 0 saturated carbocycles.